The van der Waals surface area contributed by atoms with Gasteiger partial charge in [0.05, 0.1) is 6.61 Å². The third-order valence-corrected chi connectivity index (χ3v) is 3.48. The summed E-state index contributed by atoms with van der Waals surface area (Å²) in [6.45, 7) is 4.30. The van der Waals surface area contributed by atoms with E-state index in [2.05, 4.69) is 21.6 Å². The second kappa shape index (κ2) is 7.07. The third kappa shape index (κ3) is 4.75. The molecule has 112 valence electrons. The number of nitrogens with zero attached hydrogens (tertiary/aromatic N) is 4. The number of aromatic nitrogens is 4. The lowest BCUT2D eigenvalue weighted by Gasteiger charge is -2.07. The molecule has 0 fully saturated rings. The summed E-state index contributed by atoms with van der Waals surface area (Å²) >= 11 is 1.36. The fourth-order valence-corrected chi connectivity index (χ4v) is 2.53. The van der Waals surface area contributed by atoms with Crippen molar-refractivity contribution >= 4 is 17.7 Å². The van der Waals surface area contributed by atoms with E-state index in [1.807, 2.05) is 26.0 Å². The minimum absolute atomic E-state index is 0.243. The summed E-state index contributed by atoms with van der Waals surface area (Å²) in [6.07, 6.45) is 0. The Labute approximate surface area is 126 Å². The molecule has 7 nitrogen and oxygen atoms in total. The largest absolute Gasteiger partial charge is 0.493 e. The number of aliphatic carboxylic acids is 1. The third-order valence-electron chi connectivity index (χ3n) is 2.56. The lowest BCUT2D eigenvalue weighted by Crippen LogP contribution is -2.12. The van der Waals surface area contributed by atoms with Gasteiger partial charge in [0, 0.05) is 5.75 Å². The summed E-state index contributed by atoms with van der Waals surface area (Å²) in [7, 11) is 0. The molecule has 0 bridgehead atoms. The number of benzene rings is 1. The molecule has 1 heterocycles. The fraction of sp³-hybridized carbons (Fsp3) is 0.385. The SMILES string of the molecule is Cc1cc(C)cc(OCCSc2nnnn2CC(=O)O)c1. The smallest absolute Gasteiger partial charge is 0.325 e. The first-order chi connectivity index (χ1) is 10.0. The lowest BCUT2D eigenvalue weighted by molar-refractivity contribution is -0.138. The van der Waals surface area contributed by atoms with Gasteiger partial charge in [-0.25, -0.2) is 4.68 Å². The molecule has 21 heavy (non-hydrogen) atoms. The number of carboxylic acid groups (broad SMARTS) is 1. The maximum Gasteiger partial charge on any atom is 0.325 e. The van der Waals surface area contributed by atoms with E-state index in [9.17, 15) is 4.79 Å². The monoisotopic (exact) mass is 308 g/mol. The molecule has 0 amide bonds. The molecule has 1 aromatic heterocycles. The molecule has 0 saturated carbocycles. The van der Waals surface area contributed by atoms with Crippen molar-refractivity contribution in [3.05, 3.63) is 29.3 Å². The van der Waals surface area contributed by atoms with Crippen molar-refractivity contribution in [2.24, 2.45) is 0 Å². The molecule has 1 aromatic carbocycles. The molecule has 2 rings (SSSR count). The number of rotatable bonds is 7. The fourth-order valence-electron chi connectivity index (χ4n) is 1.84. The van der Waals surface area contributed by atoms with Gasteiger partial charge in [-0.05, 0) is 47.5 Å². The van der Waals surface area contributed by atoms with E-state index < -0.39 is 5.97 Å². The van der Waals surface area contributed by atoms with Gasteiger partial charge in [0.1, 0.15) is 12.3 Å². The molecule has 2 aromatic rings. The van der Waals surface area contributed by atoms with Crippen LogP contribution in [0.2, 0.25) is 0 Å². The summed E-state index contributed by atoms with van der Waals surface area (Å²) in [5, 5.41) is 20.1. The quantitative estimate of drug-likeness (QED) is 0.613. The van der Waals surface area contributed by atoms with Crippen LogP contribution in [-0.2, 0) is 11.3 Å². The first-order valence-corrected chi connectivity index (χ1v) is 7.35. The van der Waals surface area contributed by atoms with Gasteiger partial charge < -0.3 is 9.84 Å². The highest BCUT2D eigenvalue weighted by Gasteiger charge is 2.09. The number of ether oxygens (including phenoxy) is 1. The number of carbonyl (C=O) groups is 1. The van der Waals surface area contributed by atoms with Crippen LogP contribution in [0.3, 0.4) is 0 Å². The Morgan fingerprint density at radius 3 is 2.71 bits per heavy atom. The van der Waals surface area contributed by atoms with Crippen molar-refractivity contribution in [2.45, 2.75) is 25.5 Å². The number of tetrazole rings is 1. The predicted octanol–water partition coefficient (Wildman–Crippen LogP) is 1.55. The molecule has 0 aliphatic heterocycles. The molecule has 1 N–H and O–H groups in total. The lowest BCUT2D eigenvalue weighted by atomic mass is 10.1. The van der Waals surface area contributed by atoms with E-state index in [0.717, 1.165) is 16.9 Å². The Bertz CT molecular complexity index is 609. The average molecular weight is 308 g/mol. The zero-order chi connectivity index (χ0) is 15.2. The van der Waals surface area contributed by atoms with E-state index in [-0.39, 0.29) is 6.54 Å². The number of hydrogen-bond donors (Lipinski definition) is 1. The van der Waals surface area contributed by atoms with Crippen LogP contribution in [0.1, 0.15) is 11.1 Å². The van der Waals surface area contributed by atoms with Gasteiger partial charge in [-0.2, -0.15) is 0 Å². The van der Waals surface area contributed by atoms with E-state index in [1.54, 1.807) is 0 Å². The Kier molecular flexibility index (Phi) is 5.15. The van der Waals surface area contributed by atoms with E-state index >= 15 is 0 Å². The van der Waals surface area contributed by atoms with Gasteiger partial charge in [-0.15, -0.1) is 5.10 Å². The molecule has 0 aliphatic rings. The zero-order valence-electron chi connectivity index (χ0n) is 11.8. The summed E-state index contributed by atoms with van der Waals surface area (Å²) in [5.74, 6) is 0.487. The van der Waals surface area contributed by atoms with Gasteiger partial charge >= 0.3 is 5.97 Å². The molecule has 8 heteroatoms. The first-order valence-electron chi connectivity index (χ1n) is 6.36. The highest BCUT2D eigenvalue weighted by molar-refractivity contribution is 7.99. The molecule has 0 spiro atoms. The van der Waals surface area contributed by atoms with Crippen molar-refractivity contribution < 1.29 is 14.6 Å². The van der Waals surface area contributed by atoms with Crippen LogP contribution >= 0.6 is 11.8 Å². The van der Waals surface area contributed by atoms with Gasteiger partial charge in [0.15, 0.2) is 0 Å². The molecule has 0 atom stereocenters. The summed E-state index contributed by atoms with van der Waals surface area (Å²) in [6, 6.07) is 6.04. The van der Waals surface area contributed by atoms with Gasteiger partial charge in [0.2, 0.25) is 5.16 Å². The molecular formula is C13H16N4O3S. The normalized spacial score (nSPS) is 10.6. The highest BCUT2D eigenvalue weighted by atomic mass is 32.2. The van der Waals surface area contributed by atoms with Gasteiger partial charge in [-0.3, -0.25) is 4.79 Å². The topological polar surface area (TPSA) is 90.1 Å². The highest BCUT2D eigenvalue weighted by Crippen LogP contribution is 2.18. The molecule has 0 aliphatic carbocycles. The Morgan fingerprint density at radius 1 is 1.33 bits per heavy atom. The Hall–Kier alpha value is -2.09. The minimum atomic E-state index is -0.976. The minimum Gasteiger partial charge on any atom is -0.493 e. The van der Waals surface area contributed by atoms with Crippen molar-refractivity contribution in [3.8, 4) is 5.75 Å². The van der Waals surface area contributed by atoms with Crippen LogP contribution in [-0.4, -0.2) is 43.6 Å². The van der Waals surface area contributed by atoms with Crippen LogP contribution in [0.15, 0.2) is 23.4 Å². The number of hydrogen-bond acceptors (Lipinski definition) is 6. The first kappa shape index (κ1) is 15.3. The maximum absolute atomic E-state index is 10.6. The van der Waals surface area contributed by atoms with E-state index in [0.29, 0.717) is 17.5 Å². The molecule has 0 unspecified atom stereocenters. The van der Waals surface area contributed by atoms with Crippen molar-refractivity contribution in [1.29, 1.82) is 0 Å². The standard InChI is InChI=1S/C13H16N4O3S/c1-9-5-10(2)7-11(6-9)20-3-4-21-13-14-15-16-17(13)8-12(18)19/h5-7H,3-4,8H2,1-2H3,(H,18,19). The predicted molar refractivity (Wildman–Crippen MR) is 77.6 cm³/mol. The number of thioether (sulfide) groups is 1. The Morgan fingerprint density at radius 2 is 2.05 bits per heavy atom. The number of carboxylic acids is 1. The van der Waals surface area contributed by atoms with Crippen LogP contribution < -0.4 is 4.74 Å². The van der Waals surface area contributed by atoms with Crippen LogP contribution in [0.4, 0.5) is 0 Å². The Balaban J connectivity index is 1.82. The second-order valence-electron chi connectivity index (χ2n) is 4.53. The van der Waals surface area contributed by atoms with E-state index in [1.165, 1.54) is 16.4 Å². The summed E-state index contributed by atoms with van der Waals surface area (Å²) < 4.78 is 6.93. The van der Waals surface area contributed by atoms with Crippen LogP contribution in [0.5, 0.6) is 5.75 Å². The zero-order valence-corrected chi connectivity index (χ0v) is 12.6. The van der Waals surface area contributed by atoms with Crippen molar-refractivity contribution in [3.63, 3.8) is 0 Å². The van der Waals surface area contributed by atoms with Crippen molar-refractivity contribution in [2.75, 3.05) is 12.4 Å². The van der Waals surface area contributed by atoms with Crippen LogP contribution in [0.25, 0.3) is 0 Å². The molecular weight excluding hydrogens is 292 g/mol. The summed E-state index contributed by atoms with van der Waals surface area (Å²) in [5.41, 5.74) is 2.31. The number of aryl methyl sites for hydroxylation is 2. The summed E-state index contributed by atoms with van der Waals surface area (Å²) in [4.78, 5) is 10.6. The average Bonchev–Trinajstić information content (AvgIpc) is 2.80. The molecule has 0 saturated heterocycles. The molecule has 0 radical (unpaired) electrons. The van der Waals surface area contributed by atoms with Gasteiger partial charge in [-0.1, -0.05) is 17.8 Å². The van der Waals surface area contributed by atoms with Crippen LogP contribution in [0, 0.1) is 13.8 Å². The van der Waals surface area contributed by atoms with Crippen molar-refractivity contribution in [1.82, 2.24) is 20.2 Å². The van der Waals surface area contributed by atoms with Gasteiger partial charge in [0.25, 0.3) is 0 Å². The second-order valence-corrected chi connectivity index (χ2v) is 5.60. The van der Waals surface area contributed by atoms with E-state index in [4.69, 9.17) is 9.84 Å². The maximum atomic E-state index is 10.6.